The van der Waals surface area contributed by atoms with Gasteiger partial charge >= 0.3 is 0 Å². The molecule has 16 N–H and O–H groups in total. The number of aliphatic carboxylic acids is 1. The van der Waals surface area contributed by atoms with Gasteiger partial charge in [0.2, 0.25) is 41.4 Å². The lowest BCUT2D eigenvalue weighted by Crippen LogP contribution is -2.62. The van der Waals surface area contributed by atoms with Crippen molar-refractivity contribution in [2.75, 3.05) is 24.7 Å². The number of amides is 7. The molecule has 0 aliphatic carbocycles. The molecule has 1 aliphatic rings. The lowest BCUT2D eigenvalue weighted by Gasteiger charge is -2.29. The highest BCUT2D eigenvalue weighted by Gasteiger charge is 2.36. The summed E-state index contributed by atoms with van der Waals surface area (Å²) in [6.45, 7) is 3.31. The number of benzene rings is 3. The van der Waals surface area contributed by atoms with Crippen molar-refractivity contribution in [2.24, 2.45) is 11.5 Å². The number of carbonyl (C=O) groups excluding carboxylic acids is 7. The van der Waals surface area contributed by atoms with Crippen molar-refractivity contribution in [3.05, 3.63) is 108 Å². The van der Waals surface area contributed by atoms with E-state index in [9.17, 15) is 48.9 Å². The molecule has 7 unspecified atom stereocenters. The Morgan fingerprint density at radius 2 is 1.28 bits per heavy atom. The molecule has 2 heterocycles. The number of aliphatic hydroxyl groups excluding tert-OH is 3. The van der Waals surface area contributed by atoms with Crippen molar-refractivity contribution in [1.82, 2.24) is 42.2 Å². The van der Waals surface area contributed by atoms with E-state index in [1.807, 2.05) is 30.3 Å². The molecule has 1 aliphatic heterocycles. The minimum absolute atomic E-state index is 0.0340. The minimum Gasteiger partial charge on any atom is -0.481 e. The van der Waals surface area contributed by atoms with Gasteiger partial charge in [0.05, 0.1) is 30.9 Å². The summed E-state index contributed by atoms with van der Waals surface area (Å²) >= 11 is 0. The Hall–Kier alpha value is -6.54. The summed E-state index contributed by atoms with van der Waals surface area (Å²) < 4.78 is 0. The van der Waals surface area contributed by atoms with Crippen molar-refractivity contribution in [3.8, 4) is 0 Å². The first-order chi connectivity index (χ1) is 35.8. The van der Waals surface area contributed by atoms with Crippen LogP contribution in [-0.4, -0.2) is 158 Å². The summed E-state index contributed by atoms with van der Waals surface area (Å²) in [7, 11) is 2.06. The number of fused-ring (bicyclic) bond motifs is 1. The highest BCUT2D eigenvalue weighted by Crippen LogP contribution is 2.24. The molecule has 1 aromatic heterocycles. The second-order valence-corrected chi connectivity index (χ2v) is 20.5. The van der Waals surface area contributed by atoms with E-state index in [0.717, 1.165) is 45.0 Å². The van der Waals surface area contributed by atoms with Crippen LogP contribution < -0.4 is 48.7 Å². The van der Waals surface area contributed by atoms with Crippen LogP contribution in [0.4, 0.5) is 0 Å². The van der Waals surface area contributed by atoms with Crippen molar-refractivity contribution in [1.29, 1.82) is 0 Å². The van der Waals surface area contributed by atoms with Crippen molar-refractivity contribution >= 4 is 79.8 Å². The minimum atomic E-state index is -1.66. The molecule has 75 heavy (non-hydrogen) atoms. The molecule has 0 spiro atoms. The Labute approximate surface area is 442 Å². The van der Waals surface area contributed by atoms with E-state index >= 15 is 0 Å². The molecule has 408 valence electrons. The topological polar surface area (TPSA) is 370 Å². The van der Waals surface area contributed by atoms with Crippen LogP contribution >= 0.6 is 21.6 Å². The third-order valence-corrected chi connectivity index (χ3v) is 14.3. The maximum Gasteiger partial charge on any atom is 0.300 e. The summed E-state index contributed by atoms with van der Waals surface area (Å²) in [4.78, 5) is 112. The lowest BCUT2D eigenvalue weighted by molar-refractivity contribution is -0.136. The number of para-hydroxylation sites is 1. The average molecular weight is 1080 g/mol. The van der Waals surface area contributed by atoms with Gasteiger partial charge in [-0.1, -0.05) is 100 Å². The third kappa shape index (κ3) is 20.3. The molecule has 0 bridgehead atoms. The van der Waals surface area contributed by atoms with Crippen LogP contribution in [0.5, 0.6) is 0 Å². The maximum atomic E-state index is 14.7. The van der Waals surface area contributed by atoms with Gasteiger partial charge in [-0.3, -0.25) is 38.4 Å². The van der Waals surface area contributed by atoms with Gasteiger partial charge in [0.25, 0.3) is 5.97 Å². The highest BCUT2D eigenvalue weighted by atomic mass is 33.1. The summed E-state index contributed by atoms with van der Waals surface area (Å²) in [5.41, 5.74) is 15.0. The van der Waals surface area contributed by atoms with Crippen LogP contribution in [0.15, 0.2) is 91.1 Å². The summed E-state index contributed by atoms with van der Waals surface area (Å²) in [5, 5.41) is 57.9. The number of aromatic amines is 1. The summed E-state index contributed by atoms with van der Waals surface area (Å²) in [6.07, 6.45) is -0.156. The predicted molar refractivity (Wildman–Crippen MR) is 285 cm³/mol. The van der Waals surface area contributed by atoms with E-state index < -0.39 is 114 Å². The highest BCUT2D eigenvalue weighted by molar-refractivity contribution is 8.76. The molecule has 1 fully saturated rings. The zero-order valence-corrected chi connectivity index (χ0v) is 43.7. The fourth-order valence-corrected chi connectivity index (χ4v) is 10.1. The maximum absolute atomic E-state index is 14.7. The molecular weight excluding hydrogens is 1010 g/mol. The zero-order valence-electron chi connectivity index (χ0n) is 42.0. The Balaban J connectivity index is 0.00000293. The van der Waals surface area contributed by atoms with E-state index in [-0.39, 0.29) is 43.7 Å². The number of nitrogens with one attached hydrogen (secondary N) is 8. The molecule has 5 rings (SSSR count). The van der Waals surface area contributed by atoms with Crippen molar-refractivity contribution in [3.63, 3.8) is 0 Å². The molecule has 3 aromatic carbocycles. The van der Waals surface area contributed by atoms with Crippen LogP contribution in [0.3, 0.4) is 0 Å². The number of unbranched alkanes of at least 4 members (excludes halogenated alkanes) is 1. The third-order valence-electron chi connectivity index (χ3n) is 11.9. The van der Waals surface area contributed by atoms with Gasteiger partial charge in [-0.2, -0.15) is 0 Å². The first-order valence-corrected chi connectivity index (χ1v) is 26.9. The fourth-order valence-electron chi connectivity index (χ4n) is 7.73. The molecule has 10 atom stereocenters. The number of hydrogen-bond donors (Lipinski definition) is 14. The quantitative estimate of drug-likeness (QED) is 0.0459. The number of aliphatic hydroxyl groups is 3. The van der Waals surface area contributed by atoms with E-state index in [1.54, 1.807) is 60.8 Å². The molecule has 24 heteroatoms. The number of rotatable bonds is 17. The van der Waals surface area contributed by atoms with Gasteiger partial charge in [-0.05, 0) is 68.8 Å². The van der Waals surface area contributed by atoms with Gasteiger partial charge in [0, 0.05) is 48.4 Å². The monoisotopic (exact) mass is 1080 g/mol. The van der Waals surface area contributed by atoms with Gasteiger partial charge in [-0.15, -0.1) is 0 Å². The summed E-state index contributed by atoms with van der Waals surface area (Å²) in [6, 6.07) is 14.6. The Kier molecular flexibility index (Phi) is 25.5. The number of carboxylic acids is 1. The molecule has 4 aromatic rings. The van der Waals surface area contributed by atoms with Crippen molar-refractivity contribution < 1.29 is 58.8 Å². The smallest absolute Gasteiger partial charge is 0.300 e. The molecule has 0 radical (unpaired) electrons. The van der Waals surface area contributed by atoms with E-state index in [0.29, 0.717) is 24.0 Å². The number of hydrogen-bond acceptors (Lipinski definition) is 15. The lowest BCUT2D eigenvalue weighted by atomic mass is 10.0. The molecule has 22 nitrogen and oxygen atoms in total. The fraction of sp³-hybridized carbons (Fsp3) is 0.451. The molecule has 1 saturated heterocycles. The SMILES string of the molecule is CC(=O)O.CC(O)C(CO)NC(=O)C1CSSC[C@@H](NC(=O)C(N)Cc2ccccc2)C(=O)NC(Cc2ccccc2)C(=O)NC(Cc2c[nH]c3ccccc23)C(=O)N[C@H](CCCCN)C(=O)N[C@H](C(C)O)C(=O)N1. The number of nitrogens with two attached hydrogens (primary N) is 2. The van der Waals surface area contributed by atoms with Gasteiger partial charge < -0.3 is 74.1 Å². The van der Waals surface area contributed by atoms with E-state index in [4.69, 9.17) is 21.4 Å². The number of H-pyrrole nitrogens is 1. The summed E-state index contributed by atoms with van der Waals surface area (Å²) in [5.74, 6) is -6.84. The van der Waals surface area contributed by atoms with Crippen LogP contribution in [0, 0.1) is 0 Å². The molecular formula is C51H70N10O12S2. The Bertz CT molecular complexity index is 2500. The number of aromatic nitrogens is 1. The van der Waals surface area contributed by atoms with E-state index in [2.05, 4.69) is 42.2 Å². The average Bonchev–Trinajstić information content (AvgIpc) is 3.78. The van der Waals surface area contributed by atoms with Crippen LogP contribution in [0.1, 0.15) is 56.7 Å². The Morgan fingerprint density at radius 1 is 0.720 bits per heavy atom. The largest absolute Gasteiger partial charge is 0.481 e. The first-order valence-electron chi connectivity index (χ1n) is 24.4. The van der Waals surface area contributed by atoms with Crippen molar-refractivity contribution in [2.45, 2.75) is 120 Å². The predicted octanol–water partition coefficient (Wildman–Crippen LogP) is -0.714. The van der Waals surface area contributed by atoms with Crippen LogP contribution in [0.25, 0.3) is 10.9 Å². The number of carboxylic acid groups (broad SMARTS) is 1. The second kappa shape index (κ2) is 31.4. The first kappa shape index (κ1) is 61.0. The van der Waals surface area contributed by atoms with E-state index in [1.165, 1.54) is 13.8 Å². The van der Waals surface area contributed by atoms with Gasteiger partial charge in [-0.25, -0.2) is 0 Å². The normalized spacial score (nSPS) is 21.9. The van der Waals surface area contributed by atoms with Crippen LogP contribution in [0.2, 0.25) is 0 Å². The molecule has 7 amide bonds. The van der Waals surface area contributed by atoms with Crippen LogP contribution in [-0.2, 0) is 57.6 Å². The Morgan fingerprint density at radius 3 is 1.89 bits per heavy atom. The van der Waals surface area contributed by atoms with Gasteiger partial charge in [0.15, 0.2) is 0 Å². The van der Waals surface area contributed by atoms with Gasteiger partial charge in [0.1, 0.15) is 36.3 Å². The standard InChI is InChI=1S/C49H66N10O10S2.C2H4O2/c1-28(61)39(25-60)56-48(68)41-27-71-70-26-40(57-43(63)34(51)21-30-13-5-3-6-14-30)47(67)54-37(22-31-15-7-4-8-16-31)45(65)55-38(23-32-24-52-35-18-10-9-17-33(32)35)46(66)53-36(19-11-12-20-50)44(64)59-42(29(2)62)49(69)58-41;1-2(3)4/h3-10,13-18,24,28-29,34,36-42,52,60-62H,11-12,19-23,25-27,50-51H2,1-2H3,(H,53,66)(H,54,67)(H,55,65)(H,56,68)(H,57,63)(H,58,69)(H,59,64);1H3,(H,3,4)/t28?,29?,34?,36-,37?,38?,39?,40-,41?,42-;/m1./s1. The molecule has 0 saturated carbocycles. The zero-order chi connectivity index (χ0) is 55.0. The second-order valence-electron chi connectivity index (χ2n) is 18.0. The number of carbonyl (C=O) groups is 8.